The molecule has 2 atom stereocenters. The summed E-state index contributed by atoms with van der Waals surface area (Å²) in [5, 5.41) is 3.61. The summed E-state index contributed by atoms with van der Waals surface area (Å²) >= 11 is 0. The minimum absolute atomic E-state index is 0.337. The van der Waals surface area contributed by atoms with Crippen LogP contribution in [0.2, 0.25) is 0 Å². The molecule has 20 heavy (non-hydrogen) atoms. The van der Waals surface area contributed by atoms with E-state index in [2.05, 4.69) is 11.4 Å². The highest BCUT2D eigenvalue weighted by Gasteiger charge is 2.24. The second kappa shape index (κ2) is 7.50. The molecule has 2 rings (SSSR count). The average Bonchev–Trinajstić information content (AvgIpc) is 2.52. The maximum atomic E-state index is 5.57. The van der Waals surface area contributed by atoms with Crippen molar-refractivity contribution in [2.24, 2.45) is 0 Å². The largest absolute Gasteiger partial charge is 0.493 e. The summed E-state index contributed by atoms with van der Waals surface area (Å²) in [7, 11) is 5.12. The summed E-state index contributed by atoms with van der Waals surface area (Å²) in [5.74, 6) is 1.54. The van der Waals surface area contributed by atoms with E-state index >= 15 is 0 Å². The molecule has 0 heterocycles. The number of methoxy groups -OCH3 is 3. The van der Waals surface area contributed by atoms with Crippen molar-refractivity contribution < 1.29 is 14.2 Å². The summed E-state index contributed by atoms with van der Waals surface area (Å²) in [6.07, 6.45) is 5.23. The van der Waals surface area contributed by atoms with E-state index in [0.29, 0.717) is 12.1 Å². The smallest absolute Gasteiger partial charge is 0.161 e. The predicted octanol–water partition coefficient (Wildman–Crippen LogP) is 2.75. The van der Waals surface area contributed by atoms with Gasteiger partial charge in [-0.3, -0.25) is 0 Å². The van der Waals surface area contributed by atoms with Gasteiger partial charge in [0.2, 0.25) is 0 Å². The van der Waals surface area contributed by atoms with Gasteiger partial charge < -0.3 is 19.5 Å². The molecule has 2 unspecified atom stereocenters. The number of benzene rings is 1. The van der Waals surface area contributed by atoms with E-state index in [1.54, 1.807) is 21.3 Å². The fraction of sp³-hybridized carbons (Fsp3) is 0.625. The van der Waals surface area contributed by atoms with Crippen LogP contribution in [0.4, 0.5) is 0 Å². The van der Waals surface area contributed by atoms with Crippen molar-refractivity contribution in [2.45, 2.75) is 44.4 Å². The molecule has 0 saturated heterocycles. The summed E-state index contributed by atoms with van der Waals surface area (Å²) < 4.78 is 16.2. The molecular weight excluding hydrogens is 254 g/mol. The molecule has 1 aromatic rings. The predicted molar refractivity (Wildman–Crippen MR) is 79.4 cm³/mol. The van der Waals surface area contributed by atoms with Gasteiger partial charge in [-0.2, -0.15) is 0 Å². The first-order valence-electron chi connectivity index (χ1n) is 7.25. The second-order valence-corrected chi connectivity index (χ2v) is 5.24. The van der Waals surface area contributed by atoms with Crippen LogP contribution < -0.4 is 14.8 Å². The Balaban J connectivity index is 1.96. The Bertz CT molecular complexity index is 422. The van der Waals surface area contributed by atoms with E-state index in [0.717, 1.165) is 24.5 Å². The Labute approximate surface area is 121 Å². The van der Waals surface area contributed by atoms with E-state index in [1.165, 1.54) is 24.8 Å². The van der Waals surface area contributed by atoms with Gasteiger partial charge in [0.1, 0.15) is 0 Å². The van der Waals surface area contributed by atoms with E-state index in [-0.39, 0.29) is 0 Å². The molecule has 0 aromatic heterocycles. The van der Waals surface area contributed by atoms with E-state index in [4.69, 9.17) is 14.2 Å². The van der Waals surface area contributed by atoms with Gasteiger partial charge in [-0.25, -0.2) is 0 Å². The lowest BCUT2D eigenvalue weighted by Gasteiger charge is -2.31. The Morgan fingerprint density at radius 1 is 1.05 bits per heavy atom. The first-order chi connectivity index (χ1) is 9.78. The van der Waals surface area contributed by atoms with Crippen molar-refractivity contribution in [1.82, 2.24) is 5.32 Å². The van der Waals surface area contributed by atoms with Crippen LogP contribution >= 0.6 is 0 Å². The van der Waals surface area contributed by atoms with Crippen LogP contribution in [-0.2, 0) is 11.3 Å². The SMILES string of the molecule is COc1ccc(CNC2CCCCC2OC)cc1OC. The molecule has 0 amide bonds. The summed E-state index contributed by atoms with van der Waals surface area (Å²) in [5.41, 5.74) is 1.20. The van der Waals surface area contributed by atoms with Crippen molar-refractivity contribution >= 4 is 0 Å². The molecule has 1 fully saturated rings. The molecule has 1 aliphatic carbocycles. The second-order valence-electron chi connectivity index (χ2n) is 5.24. The molecule has 0 spiro atoms. The third kappa shape index (κ3) is 3.64. The maximum Gasteiger partial charge on any atom is 0.161 e. The molecule has 0 aliphatic heterocycles. The molecule has 0 bridgehead atoms. The fourth-order valence-corrected chi connectivity index (χ4v) is 2.85. The normalized spacial score (nSPS) is 22.6. The van der Waals surface area contributed by atoms with Gasteiger partial charge in [0, 0.05) is 19.7 Å². The van der Waals surface area contributed by atoms with Crippen LogP contribution in [0.3, 0.4) is 0 Å². The van der Waals surface area contributed by atoms with Gasteiger partial charge in [0.05, 0.1) is 20.3 Å². The zero-order valence-electron chi connectivity index (χ0n) is 12.6. The van der Waals surface area contributed by atoms with Crippen LogP contribution in [-0.4, -0.2) is 33.5 Å². The lowest BCUT2D eigenvalue weighted by atomic mass is 9.92. The van der Waals surface area contributed by atoms with Gasteiger partial charge in [-0.05, 0) is 30.5 Å². The Kier molecular flexibility index (Phi) is 5.68. The number of hydrogen-bond donors (Lipinski definition) is 1. The lowest BCUT2D eigenvalue weighted by Crippen LogP contribution is -2.42. The zero-order chi connectivity index (χ0) is 14.4. The van der Waals surface area contributed by atoms with Crippen LogP contribution in [0.25, 0.3) is 0 Å². The van der Waals surface area contributed by atoms with Crippen molar-refractivity contribution in [3.8, 4) is 11.5 Å². The fourth-order valence-electron chi connectivity index (χ4n) is 2.85. The average molecular weight is 279 g/mol. The Hall–Kier alpha value is -1.26. The first-order valence-corrected chi connectivity index (χ1v) is 7.25. The van der Waals surface area contributed by atoms with Gasteiger partial charge >= 0.3 is 0 Å². The molecule has 0 radical (unpaired) electrons. The van der Waals surface area contributed by atoms with Crippen molar-refractivity contribution in [3.63, 3.8) is 0 Å². The lowest BCUT2D eigenvalue weighted by molar-refractivity contribution is 0.0413. The summed E-state index contributed by atoms with van der Waals surface area (Å²) in [4.78, 5) is 0. The quantitative estimate of drug-likeness (QED) is 0.869. The summed E-state index contributed by atoms with van der Waals surface area (Å²) in [6, 6.07) is 6.49. The van der Waals surface area contributed by atoms with E-state index in [9.17, 15) is 0 Å². The van der Waals surface area contributed by atoms with Crippen molar-refractivity contribution in [1.29, 1.82) is 0 Å². The highest BCUT2D eigenvalue weighted by atomic mass is 16.5. The van der Waals surface area contributed by atoms with Crippen LogP contribution in [0.15, 0.2) is 18.2 Å². The highest BCUT2D eigenvalue weighted by molar-refractivity contribution is 5.42. The highest BCUT2D eigenvalue weighted by Crippen LogP contribution is 2.28. The zero-order valence-corrected chi connectivity index (χ0v) is 12.6. The third-order valence-electron chi connectivity index (χ3n) is 4.02. The van der Waals surface area contributed by atoms with Crippen LogP contribution in [0.5, 0.6) is 11.5 Å². The molecule has 1 aromatic carbocycles. The summed E-state index contributed by atoms with van der Waals surface area (Å²) in [6.45, 7) is 0.824. The molecule has 1 N–H and O–H groups in total. The topological polar surface area (TPSA) is 39.7 Å². The molecule has 1 aliphatic rings. The number of rotatable bonds is 6. The maximum absolute atomic E-state index is 5.57. The monoisotopic (exact) mass is 279 g/mol. The van der Waals surface area contributed by atoms with Gasteiger partial charge in [0.25, 0.3) is 0 Å². The Morgan fingerprint density at radius 3 is 2.50 bits per heavy atom. The van der Waals surface area contributed by atoms with Crippen molar-refractivity contribution in [3.05, 3.63) is 23.8 Å². The van der Waals surface area contributed by atoms with Crippen LogP contribution in [0.1, 0.15) is 31.2 Å². The molecule has 1 saturated carbocycles. The molecule has 4 heteroatoms. The van der Waals surface area contributed by atoms with Crippen molar-refractivity contribution in [2.75, 3.05) is 21.3 Å². The third-order valence-corrected chi connectivity index (χ3v) is 4.02. The number of nitrogens with one attached hydrogen (secondary N) is 1. The van der Waals surface area contributed by atoms with E-state index < -0.39 is 0 Å². The minimum atomic E-state index is 0.337. The number of hydrogen-bond acceptors (Lipinski definition) is 4. The van der Waals surface area contributed by atoms with Gasteiger partial charge in [-0.1, -0.05) is 18.9 Å². The molecule has 112 valence electrons. The minimum Gasteiger partial charge on any atom is -0.493 e. The van der Waals surface area contributed by atoms with Gasteiger partial charge in [0.15, 0.2) is 11.5 Å². The standard InChI is InChI=1S/C16H25NO3/c1-18-14-7-5-4-6-13(14)17-11-12-8-9-15(19-2)16(10-12)20-3/h8-10,13-14,17H,4-7,11H2,1-3H3. The molecular formula is C16H25NO3. The van der Waals surface area contributed by atoms with E-state index in [1.807, 2.05) is 12.1 Å². The van der Waals surface area contributed by atoms with Crippen LogP contribution in [0, 0.1) is 0 Å². The number of ether oxygens (including phenoxy) is 3. The molecule has 4 nitrogen and oxygen atoms in total. The van der Waals surface area contributed by atoms with Gasteiger partial charge in [-0.15, -0.1) is 0 Å². The first kappa shape index (κ1) is 15.1. The Morgan fingerprint density at radius 2 is 1.80 bits per heavy atom.